The number of hydrogen-bond donors (Lipinski definition) is 0. The predicted octanol–water partition coefficient (Wildman–Crippen LogP) is 2.66. The van der Waals surface area contributed by atoms with Crippen LogP contribution in [0.2, 0.25) is 0 Å². The largest absolute Gasteiger partial charge is 0.469 e. The molecule has 2 aromatic heterocycles. The van der Waals surface area contributed by atoms with Gasteiger partial charge in [0.15, 0.2) is 0 Å². The number of ether oxygens (including phenoxy) is 1. The van der Waals surface area contributed by atoms with E-state index in [4.69, 9.17) is 4.74 Å². The van der Waals surface area contributed by atoms with Crippen molar-refractivity contribution < 1.29 is 9.53 Å². The number of carbonyl (C=O) groups is 1. The summed E-state index contributed by atoms with van der Waals surface area (Å²) in [7, 11) is 1.49. The Morgan fingerprint density at radius 3 is 2.79 bits per heavy atom. The molecule has 0 N–H and O–H groups in total. The van der Waals surface area contributed by atoms with Crippen molar-refractivity contribution in [2.24, 2.45) is 5.41 Å². The molecule has 0 saturated heterocycles. The van der Waals surface area contributed by atoms with Crippen molar-refractivity contribution in [1.82, 2.24) is 20.0 Å². The molecule has 24 heavy (non-hydrogen) atoms. The summed E-state index contributed by atoms with van der Waals surface area (Å²) in [5.74, 6) is -0.0574. The fourth-order valence-electron chi connectivity index (χ4n) is 4.53. The predicted molar refractivity (Wildman–Crippen MR) is 87.3 cm³/mol. The van der Waals surface area contributed by atoms with Gasteiger partial charge in [0.2, 0.25) is 0 Å². The zero-order chi connectivity index (χ0) is 16.8. The second-order valence-corrected chi connectivity index (χ2v) is 7.28. The first-order valence-electron chi connectivity index (χ1n) is 8.49. The van der Waals surface area contributed by atoms with Gasteiger partial charge in [-0.3, -0.25) is 9.78 Å². The van der Waals surface area contributed by atoms with Crippen molar-refractivity contribution in [3.05, 3.63) is 42.0 Å². The summed E-state index contributed by atoms with van der Waals surface area (Å²) >= 11 is 0. The third kappa shape index (κ3) is 2.16. The molecule has 0 spiro atoms. The Balaban J connectivity index is 1.59. The number of pyridine rings is 1. The molecule has 126 valence electrons. The van der Waals surface area contributed by atoms with Crippen LogP contribution in [0.5, 0.6) is 0 Å². The van der Waals surface area contributed by atoms with E-state index in [0.717, 1.165) is 43.4 Å². The van der Waals surface area contributed by atoms with Crippen LogP contribution in [0.4, 0.5) is 0 Å². The van der Waals surface area contributed by atoms with Gasteiger partial charge >= 0.3 is 5.97 Å². The summed E-state index contributed by atoms with van der Waals surface area (Å²) in [6, 6.07) is 4.07. The van der Waals surface area contributed by atoms with Crippen molar-refractivity contribution in [2.45, 2.75) is 50.5 Å². The fraction of sp³-hybridized carbons (Fsp3) is 0.556. The average molecular weight is 326 g/mol. The van der Waals surface area contributed by atoms with E-state index >= 15 is 0 Å². The molecule has 0 aliphatic heterocycles. The van der Waals surface area contributed by atoms with Crippen molar-refractivity contribution in [1.29, 1.82) is 0 Å². The number of nitrogens with zero attached hydrogens (tertiary/aromatic N) is 4. The molecule has 2 saturated carbocycles. The molecular weight excluding hydrogens is 304 g/mol. The summed E-state index contributed by atoms with van der Waals surface area (Å²) < 4.78 is 6.95. The van der Waals surface area contributed by atoms with Crippen LogP contribution in [0.3, 0.4) is 0 Å². The minimum absolute atomic E-state index is 0.0128. The summed E-state index contributed by atoms with van der Waals surface area (Å²) in [4.78, 5) is 16.4. The first kappa shape index (κ1) is 15.3. The van der Waals surface area contributed by atoms with E-state index in [-0.39, 0.29) is 22.8 Å². The summed E-state index contributed by atoms with van der Waals surface area (Å²) in [5, 5.41) is 8.83. The Morgan fingerprint density at radius 1 is 1.33 bits per heavy atom. The lowest BCUT2D eigenvalue weighted by Gasteiger charge is -2.24. The van der Waals surface area contributed by atoms with Gasteiger partial charge in [0, 0.05) is 24.0 Å². The number of rotatable bonds is 4. The number of esters is 1. The quantitative estimate of drug-likeness (QED) is 0.808. The van der Waals surface area contributed by atoms with Gasteiger partial charge in [-0.15, -0.1) is 5.10 Å². The third-order valence-corrected chi connectivity index (χ3v) is 6.08. The van der Waals surface area contributed by atoms with E-state index in [9.17, 15) is 4.79 Å². The van der Waals surface area contributed by atoms with Gasteiger partial charge in [-0.1, -0.05) is 11.3 Å². The Kier molecular flexibility index (Phi) is 3.44. The van der Waals surface area contributed by atoms with Crippen LogP contribution in [0.1, 0.15) is 56.3 Å². The van der Waals surface area contributed by atoms with Crippen molar-refractivity contribution in [3.8, 4) is 0 Å². The van der Waals surface area contributed by atoms with Crippen LogP contribution in [-0.2, 0) is 14.9 Å². The lowest BCUT2D eigenvalue weighted by Crippen LogP contribution is -2.27. The van der Waals surface area contributed by atoms with E-state index in [1.807, 2.05) is 23.0 Å². The van der Waals surface area contributed by atoms with E-state index in [1.54, 1.807) is 6.20 Å². The molecule has 0 aromatic carbocycles. The van der Waals surface area contributed by atoms with Gasteiger partial charge in [0.25, 0.3) is 0 Å². The van der Waals surface area contributed by atoms with E-state index in [1.165, 1.54) is 7.11 Å². The molecule has 2 aromatic rings. The van der Waals surface area contributed by atoms with E-state index in [0.29, 0.717) is 0 Å². The van der Waals surface area contributed by atoms with Crippen LogP contribution in [-0.4, -0.2) is 33.1 Å². The standard InChI is InChI=1S/C18H22N4O2/c1-13(14-4-3-9-19-10-14)22-11-15(20-21-22)17-5-7-18(12-17,8-6-17)16(23)24-2/h3-4,9-11,13H,5-8,12H2,1-2H3/t13-,17?,18?/m1/s1. The highest BCUT2D eigenvalue weighted by Crippen LogP contribution is 2.62. The number of fused-ring (bicyclic) bond motifs is 2. The molecule has 4 rings (SSSR count). The molecule has 0 unspecified atom stereocenters. The molecule has 0 amide bonds. The van der Waals surface area contributed by atoms with Crippen molar-refractivity contribution in [3.63, 3.8) is 0 Å². The number of aromatic nitrogens is 4. The molecular formula is C18H22N4O2. The molecule has 0 radical (unpaired) electrons. The Morgan fingerprint density at radius 2 is 2.12 bits per heavy atom. The maximum absolute atomic E-state index is 12.2. The number of hydrogen-bond acceptors (Lipinski definition) is 5. The smallest absolute Gasteiger partial charge is 0.311 e. The molecule has 1 atom stereocenters. The second kappa shape index (κ2) is 5.40. The first-order valence-corrected chi connectivity index (χ1v) is 8.49. The number of methoxy groups -OCH3 is 1. The third-order valence-electron chi connectivity index (χ3n) is 6.08. The Labute approximate surface area is 141 Å². The molecule has 2 aliphatic rings. The highest BCUT2D eigenvalue weighted by molar-refractivity contribution is 5.78. The first-order chi connectivity index (χ1) is 11.6. The SMILES string of the molecule is COC(=O)C12CCC(c3cn([C@H](C)c4cccnc4)nn3)(CC1)C2. The van der Waals surface area contributed by atoms with Crippen LogP contribution < -0.4 is 0 Å². The monoisotopic (exact) mass is 326 g/mol. The molecule has 6 heteroatoms. The maximum atomic E-state index is 12.2. The highest BCUT2D eigenvalue weighted by atomic mass is 16.5. The van der Waals surface area contributed by atoms with E-state index in [2.05, 4.69) is 28.4 Å². The Bertz CT molecular complexity index is 747. The summed E-state index contributed by atoms with van der Waals surface area (Å²) in [6.07, 6.45) is 10.3. The average Bonchev–Trinajstić information content (AvgIpc) is 3.35. The number of carbonyl (C=O) groups excluding carboxylic acids is 1. The van der Waals surface area contributed by atoms with Crippen LogP contribution in [0.25, 0.3) is 0 Å². The second-order valence-electron chi connectivity index (χ2n) is 7.28. The summed E-state index contributed by atoms with van der Waals surface area (Å²) in [6.45, 7) is 2.09. The van der Waals surface area contributed by atoms with Gasteiger partial charge < -0.3 is 4.74 Å². The highest BCUT2D eigenvalue weighted by Gasteiger charge is 2.60. The van der Waals surface area contributed by atoms with Crippen LogP contribution >= 0.6 is 0 Å². The van der Waals surface area contributed by atoms with Crippen molar-refractivity contribution >= 4 is 5.97 Å². The molecule has 2 fully saturated rings. The molecule has 6 nitrogen and oxygen atoms in total. The minimum atomic E-state index is -0.298. The van der Waals surface area contributed by atoms with Gasteiger partial charge in [0.1, 0.15) is 0 Å². The van der Waals surface area contributed by atoms with Crippen LogP contribution in [0.15, 0.2) is 30.7 Å². The topological polar surface area (TPSA) is 69.9 Å². The lowest BCUT2D eigenvalue weighted by molar-refractivity contribution is -0.152. The Hall–Kier alpha value is -2.24. The van der Waals surface area contributed by atoms with Gasteiger partial charge in [-0.25, -0.2) is 4.68 Å². The van der Waals surface area contributed by atoms with Crippen molar-refractivity contribution in [2.75, 3.05) is 7.11 Å². The molecule has 2 heterocycles. The summed E-state index contributed by atoms with van der Waals surface area (Å²) in [5.41, 5.74) is 1.81. The van der Waals surface area contributed by atoms with Gasteiger partial charge in [-0.2, -0.15) is 0 Å². The molecule has 2 bridgehead atoms. The van der Waals surface area contributed by atoms with Gasteiger partial charge in [-0.05, 0) is 50.7 Å². The lowest BCUT2D eigenvalue weighted by atomic mass is 9.80. The van der Waals surface area contributed by atoms with Gasteiger partial charge in [0.05, 0.1) is 24.3 Å². The fourth-order valence-corrected chi connectivity index (χ4v) is 4.53. The normalized spacial score (nSPS) is 29.6. The maximum Gasteiger partial charge on any atom is 0.311 e. The molecule has 2 aliphatic carbocycles. The van der Waals surface area contributed by atoms with E-state index < -0.39 is 0 Å². The van der Waals surface area contributed by atoms with Crippen LogP contribution in [0, 0.1) is 5.41 Å². The zero-order valence-corrected chi connectivity index (χ0v) is 14.1. The zero-order valence-electron chi connectivity index (χ0n) is 14.1. The minimum Gasteiger partial charge on any atom is -0.469 e.